The zero-order valence-electron chi connectivity index (χ0n) is 11.1. The van der Waals surface area contributed by atoms with Crippen molar-refractivity contribution >= 4 is 17.6 Å². The van der Waals surface area contributed by atoms with E-state index in [9.17, 15) is 9.59 Å². The molecule has 0 saturated carbocycles. The highest BCUT2D eigenvalue weighted by molar-refractivity contribution is 6.04. The quantitative estimate of drug-likeness (QED) is 0.699. The molecule has 1 aromatic carbocycles. The first kappa shape index (κ1) is 14.1. The lowest BCUT2D eigenvalue weighted by atomic mass is 10.0. The predicted molar refractivity (Wildman–Crippen MR) is 73.8 cm³/mol. The minimum absolute atomic E-state index is 0.156. The van der Waals surface area contributed by atoms with Gasteiger partial charge >= 0.3 is 5.97 Å². The Kier molecular flexibility index (Phi) is 4.37. The SMILES string of the molecule is CC(C(=O)Nc1cccc(OCC(=O)O)c1)=C1CNC1. The van der Waals surface area contributed by atoms with Crippen LogP contribution in [0, 0.1) is 0 Å². The van der Waals surface area contributed by atoms with Gasteiger partial charge in [0.15, 0.2) is 6.61 Å². The third-order valence-corrected chi connectivity index (χ3v) is 3.00. The molecular formula is C14H16N2O4. The Morgan fingerprint density at radius 3 is 2.75 bits per heavy atom. The number of amides is 1. The van der Waals surface area contributed by atoms with Gasteiger partial charge in [-0.25, -0.2) is 4.79 Å². The van der Waals surface area contributed by atoms with Crippen LogP contribution in [0.3, 0.4) is 0 Å². The van der Waals surface area contributed by atoms with Crippen molar-refractivity contribution in [3.05, 3.63) is 35.4 Å². The van der Waals surface area contributed by atoms with Crippen LogP contribution < -0.4 is 15.4 Å². The molecule has 3 N–H and O–H groups in total. The van der Waals surface area contributed by atoms with Gasteiger partial charge in [-0.15, -0.1) is 0 Å². The molecule has 6 nitrogen and oxygen atoms in total. The van der Waals surface area contributed by atoms with Gasteiger partial charge in [0, 0.05) is 30.4 Å². The second-order valence-corrected chi connectivity index (χ2v) is 4.50. The van der Waals surface area contributed by atoms with E-state index >= 15 is 0 Å². The van der Waals surface area contributed by atoms with Crippen LogP contribution in [0.5, 0.6) is 5.75 Å². The standard InChI is InChI=1S/C14H16N2O4/c1-9(10-6-15-7-10)14(19)16-11-3-2-4-12(5-11)20-8-13(17)18/h2-5,15H,6-8H2,1H3,(H,16,19)(H,17,18). The van der Waals surface area contributed by atoms with Gasteiger partial charge in [-0.1, -0.05) is 6.07 Å². The summed E-state index contributed by atoms with van der Waals surface area (Å²) in [5.41, 5.74) is 2.38. The highest BCUT2D eigenvalue weighted by atomic mass is 16.5. The van der Waals surface area contributed by atoms with Crippen molar-refractivity contribution in [3.63, 3.8) is 0 Å². The van der Waals surface area contributed by atoms with Gasteiger partial charge in [-0.05, 0) is 24.6 Å². The number of benzene rings is 1. The highest BCUT2D eigenvalue weighted by Gasteiger charge is 2.16. The topological polar surface area (TPSA) is 87.7 Å². The van der Waals surface area contributed by atoms with Gasteiger partial charge in [-0.3, -0.25) is 4.79 Å². The Balaban J connectivity index is 2.00. The van der Waals surface area contributed by atoms with Crippen LogP contribution in [0.2, 0.25) is 0 Å². The highest BCUT2D eigenvalue weighted by Crippen LogP contribution is 2.19. The van der Waals surface area contributed by atoms with E-state index in [2.05, 4.69) is 10.6 Å². The van der Waals surface area contributed by atoms with Crippen molar-refractivity contribution < 1.29 is 19.4 Å². The normalized spacial score (nSPS) is 13.3. The average Bonchev–Trinajstić information content (AvgIpc) is 2.34. The molecule has 1 heterocycles. The largest absolute Gasteiger partial charge is 0.482 e. The van der Waals surface area contributed by atoms with Crippen LogP contribution in [-0.2, 0) is 9.59 Å². The van der Waals surface area contributed by atoms with Crippen LogP contribution in [0.15, 0.2) is 35.4 Å². The maximum Gasteiger partial charge on any atom is 0.341 e. The number of carbonyl (C=O) groups is 2. The van der Waals surface area contributed by atoms with Gasteiger partial charge in [0.1, 0.15) is 5.75 Å². The first-order valence-corrected chi connectivity index (χ1v) is 6.21. The Morgan fingerprint density at radius 1 is 1.40 bits per heavy atom. The molecule has 106 valence electrons. The molecule has 0 aliphatic carbocycles. The van der Waals surface area contributed by atoms with Crippen molar-refractivity contribution in [3.8, 4) is 5.75 Å². The molecule has 6 heteroatoms. The van der Waals surface area contributed by atoms with E-state index in [1.165, 1.54) is 0 Å². The molecule has 1 amide bonds. The maximum absolute atomic E-state index is 12.0. The molecule has 0 spiro atoms. The third kappa shape index (κ3) is 3.58. The van der Waals surface area contributed by atoms with E-state index in [-0.39, 0.29) is 5.91 Å². The van der Waals surface area contributed by atoms with Gasteiger partial charge in [0.25, 0.3) is 5.91 Å². The zero-order valence-corrected chi connectivity index (χ0v) is 11.1. The van der Waals surface area contributed by atoms with Crippen molar-refractivity contribution in [1.29, 1.82) is 0 Å². The number of hydrogen-bond acceptors (Lipinski definition) is 4. The Labute approximate surface area is 116 Å². The number of carbonyl (C=O) groups excluding carboxylic acids is 1. The summed E-state index contributed by atoms with van der Waals surface area (Å²) in [5, 5.41) is 14.4. The van der Waals surface area contributed by atoms with E-state index in [0.29, 0.717) is 17.0 Å². The van der Waals surface area contributed by atoms with Crippen molar-refractivity contribution in [2.75, 3.05) is 25.0 Å². The monoisotopic (exact) mass is 276 g/mol. The zero-order chi connectivity index (χ0) is 14.5. The Morgan fingerprint density at radius 2 is 2.15 bits per heavy atom. The number of rotatable bonds is 5. The van der Waals surface area contributed by atoms with Crippen LogP contribution in [0.4, 0.5) is 5.69 Å². The summed E-state index contributed by atoms with van der Waals surface area (Å²) < 4.78 is 5.06. The minimum atomic E-state index is -1.04. The number of aliphatic carboxylic acids is 1. The lowest BCUT2D eigenvalue weighted by molar-refractivity contribution is -0.139. The third-order valence-electron chi connectivity index (χ3n) is 3.00. The number of anilines is 1. The van der Waals surface area contributed by atoms with Crippen LogP contribution in [-0.4, -0.2) is 36.7 Å². The molecule has 1 saturated heterocycles. The molecule has 1 aromatic rings. The number of carboxylic acid groups (broad SMARTS) is 1. The number of ether oxygens (including phenoxy) is 1. The van der Waals surface area contributed by atoms with Gasteiger partial charge in [-0.2, -0.15) is 0 Å². The van der Waals surface area contributed by atoms with Crippen molar-refractivity contribution in [2.45, 2.75) is 6.92 Å². The summed E-state index contributed by atoms with van der Waals surface area (Å²) in [5.74, 6) is -0.796. The molecule has 1 fully saturated rings. The van der Waals surface area contributed by atoms with Crippen LogP contribution in [0.25, 0.3) is 0 Å². The molecule has 0 radical (unpaired) electrons. The van der Waals surface area contributed by atoms with E-state index < -0.39 is 12.6 Å². The second-order valence-electron chi connectivity index (χ2n) is 4.50. The fourth-order valence-corrected chi connectivity index (χ4v) is 1.71. The van der Waals surface area contributed by atoms with Gasteiger partial charge in [0.2, 0.25) is 0 Å². The smallest absolute Gasteiger partial charge is 0.341 e. The summed E-state index contributed by atoms with van der Waals surface area (Å²) in [6.45, 7) is 2.88. The summed E-state index contributed by atoms with van der Waals surface area (Å²) in [6, 6.07) is 6.65. The van der Waals surface area contributed by atoms with E-state index in [1.54, 1.807) is 31.2 Å². The number of nitrogens with one attached hydrogen (secondary N) is 2. The second kappa shape index (κ2) is 6.21. The molecule has 0 aromatic heterocycles. The van der Waals surface area contributed by atoms with E-state index in [1.807, 2.05) is 0 Å². The minimum Gasteiger partial charge on any atom is -0.482 e. The summed E-state index contributed by atoms with van der Waals surface area (Å²) in [7, 11) is 0. The lowest BCUT2D eigenvalue weighted by Gasteiger charge is -2.21. The maximum atomic E-state index is 12.0. The molecule has 2 rings (SSSR count). The Bertz CT molecular complexity index is 560. The van der Waals surface area contributed by atoms with Crippen LogP contribution >= 0.6 is 0 Å². The summed E-state index contributed by atoms with van der Waals surface area (Å²) in [6.07, 6.45) is 0. The lowest BCUT2D eigenvalue weighted by Crippen LogP contribution is -2.36. The summed E-state index contributed by atoms with van der Waals surface area (Å²) >= 11 is 0. The molecule has 0 atom stereocenters. The van der Waals surface area contributed by atoms with Gasteiger partial charge < -0.3 is 20.5 Å². The van der Waals surface area contributed by atoms with E-state index in [4.69, 9.17) is 9.84 Å². The average molecular weight is 276 g/mol. The first-order valence-electron chi connectivity index (χ1n) is 6.21. The first-order chi connectivity index (χ1) is 9.56. The number of carboxylic acids is 1. The molecule has 1 aliphatic rings. The fourth-order valence-electron chi connectivity index (χ4n) is 1.71. The molecule has 0 unspecified atom stereocenters. The fraction of sp³-hybridized carbons (Fsp3) is 0.286. The van der Waals surface area contributed by atoms with Gasteiger partial charge in [0.05, 0.1) is 0 Å². The van der Waals surface area contributed by atoms with Crippen molar-refractivity contribution in [2.24, 2.45) is 0 Å². The Hall–Kier alpha value is -2.34. The predicted octanol–water partition coefficient (Wildman–Crippen LogP) is 1.01. The van der Waals surface area contributed by atoms with Crippen molar-refractivity contribution in [1.82, 2.24) is 5.32 Å². The number of hydrogen-bond donors (Lipinski definition) is 3. The molecule has 20 heavy (non-hydrogen) atoms. The molecule has 0 bridgehead atoms. The molecule has 1 aliphatic heterocycles. The van der Waals surface area contributed by atoms with E-state index in [0.717, 1.165) is 18.7 Å². The molecular weight excluding hydrogens is 260 g/mol. The van der Waals surface area contributed by atoms with Crippen LogP contribution in [0.1, 0.15) is 6.92 Å². The summed E-state index contributed by atoms with van der Waals surface area (Å²) in [4.78, 5) is 22.4.